The molecule has 1 aromatic heterocycles. The molecule has 2 aromatic rings. The fourth-order valence-electron chi connectivity index (χ4n) is 3.10. The lowest BCUT2D eigenvalue weighted by atomic mass is 9.93. The van der Waals surface area contributed by atoms with Gasteiger partial charge in [0.15, 0.2) is 0 Å². The van der Waals surface area contributed by atoms with Gasteiger partial charge < -0.3 is 14.8 Å². The number of halogens is 5. The topological polar surface area (TPSA) is 64.6 Å². The van der Waals surface area contributed by atoms with Crippen LogP contribution in [0.1, 0.15) is 44.5 Å². The monoisotopic (exact) mass is 449 g/mol. The summed E-state index contributed by atoms with van der Waals surface area (Å²) in [7, 11) is 0. The zero-order valence-corrected chi connectivity index (χ0v) is 16.4. The van der Waals surface area contributed by atoms with Crippen LogP contribution in [-0.2, 0) is 17.6 Å². The molecule has 0 unspecified atom stereocenters. The number of esters is 1. The molecule has 1 aliphatic carbocycles. The molecule has 1 aliphatic rings. The number of carbonyl (C=O) groups is 2. The molecule has 0 atom stereocenters. The molecule has 162 valence electrons. The number of hydrogen-bond acceptors (Lipinski definition) is 5. The van der Waals surface area contributed by atoms with Gasteiger partial charge in [0.2, 0.25) is 0 Å². The van der Waals surface area contributed by atoms with Crippen molar-refractivity contribution in [3.63, 3.8) is 0 Å². The maximum atomic E-state index is 13.8. The van der Waals surface area contributed by atoms with E-state index in [2.05, 4.69) is 10.1 Å². The fourth-order valence-corrected chi connectivity index (χ4v) is 4.41. The van der Waals surface area contributed by atoms with E-state index in [0.717, 1.165) is 23.5 Å². The Morgan fingerprint density at radius 1 is 1.23 bits per heavy atom. The quantitative estimate of drug-likeness (QED) is 0.504. The van der Waals surface area contributed by atoms with Gasteiger partial charge in [0, 0.05) is 17.7 Å². The van der Waals surface area contributed by atoms with Crippen molar-refractivity contribution in [2.75, 3.05) is 11.9 Å². The summed E-state index contributed by atoms with van der Waals surface area (Å²) in [6.45, 7) is 1.59. The van der Waals surface area contributed by atoms with Crippen molar-refractivity contribution < 1.29 is 41.0 Å². The summed E-state index contributed by atoms with van der Waals surface area (Å²) in [6.07, 6.45) is -6.15. The third-order valence-electron chi connectivity index (χ3n) is 4.31. The molecular weight excluding hydrogens is 433 g/mol. The van der Waals surface area contributed by atoms with Crippen LogP contribution < -0.4 is 10.1 Å². The average molecular weight is 449 g/mol. The van der Waals surface area contributed by atoms with Crippen molar-refractivity contribution in [3.05, 3.63) is 45.8 Å². The summed E-state index contributed by atoms with van der Waals surface area (Å²) in [4.78, 5) is 25.3. The van der Waals surface area contributed by atoms with Crippen LogP contribution in [0.3, 0.4) is 0 Å². The van der Waals surface area contributed by atoms with E-state index in [9.17, 15) is 31.5 Å². The standard InChI is InChI=1S/C19H16F5NO4S/c1-2-28-17(27)14-11-7-8-18(20,21)9-13(11)30-16(14)25-15(26)10-5-3-4-6-12(10)29-19(22,23)24/h3-6H,2,7-9H2,1H3,(H,25,26). The summed E-state index contributed by atoms with van der Waals surface area (Å²) in [5.74, 6) is -5.45. The number of amides is 1. The van der Waals surface area contributed by atoms with Gasteiger partial charge in [-0.15, -0.1) is 24.5 Å². The zero-order chi connectivity index (χ0) is 22.1. The van der Waals surface area contributed by atoms with Crippen LogP contribution in [-0.4, -0.2) is 30.8 Å². The Morgan fingerprint density at radius 2 is 1.93 bits per heavy atom. The molecule has 1 aromatic carbocycles. The number of nitrogens with one attached hydrogen (secondary N) is 1. The van der Waals surface area contributed by atoms with Gasteiger partial charge in [0.25, 0.3) is 11.8 Å². The van der Waals surface area contributed by atoms with E-state index in [1.54, 1.807) is 6.92 Å². The van der Waals surface area contributed by atoms with Crippen molar-refractivity contribution >= 4 is 28.2 Å². The van der Waals surface area contributed by atoms with Crippen LogP contribution in [0.4, 0.5) is 27.0 Å². The molecular formula is C19H16F5NO4S. The predicted molar refractivity (Wildman–Crippen MR) is 98.3 cm³/mol. The highest BCUT2D eigenvalue weighted by atomic mass is 32.1. The number of rotatable bonds is 5. The lowest BCUT2D eigenvalue weighted by Crippen LogP contribution is -2.25. The summed E-state index contributed by atoms with van der Waals surface area (Å²) in [5, 5.41) is 2.31. The molecule has 0 aliphatic heterocycles. The third-order valence-corrected chi connectivity index (χ3v) is 5.46. The molecule has 11 heteroatoms. The normalized spacial score (nSPS) is 15.3. The first-order chi connectivity index (χ1) is 14.0. The van der Waals surface area contributed by atoms with Crippen LogP contribution in [0.5, 0.6) is 5.75 Å². The number of alkyl halides is 5. The predicted octanol–water partition coefficient (Wildman–Crippen LogP) is 5.20. The zero-order valence-electron chi connectivity index (χ0n) is 15.6. The number of benzene rings is 1. The van der Waals surface area contributed by atoms with Crippen LogP contribution in [0.2, 0.25) is 0 Å². The molecule has 0 spiro atoms. The second kappa shape index (κ2) is 8.21. The molecule has 1 heterocycles. The number of ether oxygens (including phenoxy) is 2. The molecule has 0 radical (unpaired) electrons. The molecule has 0 saturated heterocycles. The Morgan fingerprint density at radius 3 is 2.60 bits per heavy atom. The molecule has 3 rings (SSSR count). The Bertz CT molecular complexity index is 970. The molecule has 0 fully saturated rings. The van der Waals surface area contributed by atoms with Gasteiger partial charge in [0.05, 0.1) is 17.7 Å². The van der Waals surface area contributed by atoms with Crippen molar-refractivity contribution in [1.82, 2.24) is 0 Å². The van der Waals surface area contributed by atoms with Crippen molar-refractivity contribution in [1.29, 1.82) is 0 Å². The smallest absolute Gasteiger partial charge is 0.462 e. The highest BCUT2D eigenvalue weighted by Gasteiger charge is 2.39. The maximum Gasteiger partial charge on any atom is 0.573 e. The Kier molecular flexibility index (Phi) is 6.02. The van der Waals surface area contributed by atoms with E-state index in [1.165, 1.54) is 12.1 Å². The van der Waals surface area contributed by atoms with E-state index in [-0.39, 0.29) is 28.5 Å². The van der Waals surface area contributed by atoms with Crippen LogP contribution >= 0.6 is 11.3 Å². The van der Waals surface area contributed by atoms with Gasteiger partial charge in [-0.3, -0.25) is 4.79 Å². The van der Waals surface area contributed by atoms with E-state index in [0.29, 0.717) is 5.56 Å². The molecule has 0 saturated carbocycles. The Labute approximate surface area is 171 Å². The van der Waals surface area contributed by atoms with Gasteiger partial charge in [0.1, 0.15) is 10.8 Å². The second-order valence-electron chi connectivity index (χ2n) is 6.46. The first-order valence-electron chi connectivity index (χ1n) is 8.86. The lowest BCUT2D eigenvalue weighted by molar-refractivity contribution is -0.274. The fraction of sp³-hybridized carbons (Fsp3) is 0.368. The van der Waals surface area contributed by atoms with E-state index in [4.69, 9.17) is 4.74 Å². The highest BCUT2D eigenvalue weighted by Crippen LogP contribution is 2.43. The molecule has 0 bridgehead atoms. The van der Waals surface area contributed by atoms with Gasteiger partial charge >= 0.3 is 12.3 Å². The first kappa shape index (κ1) is 22.0. The summed E-state index contributed by atoms with van der Waals surface area (Å²) < 4.78 is 74.3. The van der Waals surface area contributed by atoms with E-state index >= 15 is 0 Å². The number of hydrogen-bond donors (Lipinski definition) is 1. The third kappa shape index (κ3) is 4.89. The Hall–Kier alpha value is -2.69. The minimum atomic E-state index is -5.01. The average Bonchev–Trinajstić information content (AvgIpc) is 2.96. The van der Waals surface area contributed by atoms with Gasteiger partial charge in [-0.25, -0.2) is 13.6 Å². The summed E-state index contributed by atoms with van der Waals surface area (Å²) in [5.41, 5.74) is -0.115. The molecule has 1 N–H and O–H groups in total. The second-order valence-corrected chi connectivity index (χ2v) is 7.56. The summed E-state index contributed by atoms with van der Waals surface area (Å²) >= 11 is 0.785. The first-order valence-corrected chi connectivity index (χ1v) is 9.68. The maximum absolute atomic E-state index is 13.8. The minimum absolute atomic E-state index is 0.0231. The van der Waals surface area contributed by atoms with E-state index in [1.807, 2.05) is 0 Å². The van der Waals surface area contributed by atoms with Gasteiger partial charge in [-0.2, -0.15) is 0 Å². The number of fused-ring (bicyclic) bond motifs is 1. The van der Waals surface area contributed by atoms with Crippen molar-refractivity contribution in [2.45, 2.75) is 38.5 Å². The number of carbonyl (C=O) groups excluding carboxylic acids is 2. The number of para-hydroxylation sites is 1. The number of thiophene rings is 1. The van der Waals surface area contributed by atoms with Crippen LogP contribution in [0, 0.1) is 0 Å². The minimum Gasteiger partial charge on any atom is -0.462 e. The van der Waals surface area contributed by atoms with Gasteiger partial charge in [-0.05, 0) is 31.0 Å². The Balaban J connectivity index is 1.96. The van der Waals surface area contributed by atoms with E-state index < -0.39 is 48.3 Å². The molecule has 30 heavy (non-hydrogen) atoms. The summed E-state index contributed by atoms with van der Waals surface area (Å²) in [6, 6.07) is 4.68. The van der Waals surface area contributed by atoms with Crippen LogP contribution in [0.15, 0.2) is 24.3 Å². The molecule has 5 nitrogen and oxygen atoms in total. The van der Waals surface area contributed by atoms with Gasteiger partial charge in [-0.1, -0.05) is 12.1 Å². The lowest BCUT2D eigenvalue weighted by Gasteiger charge is -2.21. The largest absolute Gasteiger partial charge is 0.573 e. The van der Waals surface area contributed by atoms with Crippen molar-refractivity contribution in [2.24, 2.45) is 0 Å². The number of anilines is 1. The highest BCUT2D eigenvalue weighted by molar-refractivity contribution is 7.17. The molecule has 1 amide bonds. The SMILES string of the molecule is CCOC(=O)c1c(NC(=O)c2ccccc2OC(F)(F)F)sc2c1CCC(F)(F)C2. The van der Waals surface area contributed by atoms with Crippen LogP contribution in [0.25, 0.3) is 0 Å². The van der Waals surface area contributed by atoms with Crippen molar-refractivity contribution in [3.8, 4) is 5.75 Å².